The van der Waals surface area contributed by atoms with Gasteiger partial charge < -0.3 is 5.73 Å². The molecule has 3 N–H and O–H groups in total. The van der Waals surface area contributed by atoms with E-state index in [4.69, 9.17) is 5.73 Å². The minimum absolute atomic E-state index is 0.143. The maximum atomic E-state index is 11.9. The van der Waals surface area contributed by atoms with Crippen LogP contribution in [-0.2, 0) is 11.2 Å². The molecule has 22 heavy (non-hydrogen) atoms. The first-order valence-corrected chi connectivity index (χ1v) is 8.73. The third-order valence-electron chi connectivity index (χ3n) is 4.05. The van der Waals surface area contributed by atoms with Gasteiger partial charge in [0.2, 0.25) is 5.91 Å². The summed E-state index contributed by atoms with van der Waals surface area (Å²) in [5, 5.41) is 3.43. The molecular formula is C17H16Br2N2O. The van der Waals surface area contributed by atoms with Crippen LogP contribution in [0, 0.1) is 0 Å². The van der Waals surface area contributed by atoms with Crippen LogP contribution in [0.3, 0.4) is 0 Å². The molecule has 114 valence electrons. The van der Waals surface area contributed by atoms with Crippen molar-refractivity contribution < 1.29 is 4.79 Å². The number of hydrogen-bond donors (Lipinski definition) is 2. The molecule has 0 bridgehead atoms. The molecular weight excluding hydrogens is 408 g/mol. The molecule has 0 heterocycles. The van der Waals surface area contributed by atoms with Gasteiger partial charge in [-0.1, -0.05) is 56.1 Å². The van der Waals surface area contributed by atoms with Crippen molar-refractivity contribution >= 4 is 37.8 Å². The lowest BCUT2D eigenvalue weighted by molar-refractivity contribution is -0.120. The summed E-state index contributed by atoms with van der Waals surface area (Å²) in [6.07, 6.45) is 1.97. The summed E-state index contributed by atoms with van der Waals surface area (Å²) in [6.45, 7) is 0. The van der Waals surface area contributed by atoms with Gasteiger partial charge in [0.05, 0.1) is 0 Å². The molecule has 0 radical (unpaired) electrons. The molecule has 5 heteroatoms. The number of nitrogens with one attached hydrogen (secondary N) is 1. The Morgan fingerprint density at radius 3 is 2.73 bits per heavy atom. The van der Waals surface area contributed by atoms with E-state index in [1.54, 1.807) is 0 Å². The van der Waals surface area contributed by atoms with E-state index in [9.17, 15) is 4.79 Å². The Bertz CT molecular complexity index is 718. The zero-order valence-electron chi connectivity index (χ0n) is 11.9. The number of fused-ring (bicyclic) bond motifs is 1. The summed E-state index contributed by atoms with van der Waals surface area (Å²) in [7, 11) is 0. The van der Waals surface area contributed by atoms with Gasteiger partial charge in [-0.2, -0.15) is 0 Å². The number of benzene rings is 2. The highest BCUT2D eigenvalue weighted by Gasteiger charge is 2.28. The maximum absolute atomic E-state index is 11.9. The summed E-state index contributed by atoms with van der Waals surface area (Å²) in [5.41, 5.74) is 9.06. The van der Waals surface area contributed by atoms with Crippen LogP contribution in [0.2, 0.25) is 0 Å². The fraction of sp³-hybridized carbons (Fsp3) is 0.235. The topological polar surface area (TPSA) is 55.1 Å². The van der Waals surface area contributed by atoms with Crippen molar-refractivity contribution in [3.8, 4) is 0 Å². The molecule has 0 saturated carbocycles. The van der Waals surface area contributed by atoms with Crippen LogP contribution in [0.4, 0.5) is 0 Å². The van der Waals surface area contributed by atoms with E-state index in [0.717, 1.165) is 27.4 Å². The van der Waals surface area contributed by atoms with Crippen molar-refractivity contribution in [1.29, 1.82) is 0 Å². The van der Waals surface area contributed by atoms with E-state index in [1.165, 1.54) is 11.1 Å². The second kappa shape index (κ2) is 6.52. The average molecular weight is 424 g/mol. The molecule has 0 spiro atoms. The highest BCUT2D eigenvalue weighted by molar-refractivity contribution is 9.10. The lowest BCUT2D eigenvalue weighted by Crippen LogP contribution is -2.35. The summed E-state index contributed by atoms with van der Waals surface area (Å²) < 4.78 is 2.07. The molecule has 2 atom stereocenters. The van der Waals surface area contributed by atoms with Gasteiger partial charge in [0.15, 0.2) is 0 Å². The number of halogens is 2. The van der Waals surface area contributed by atoms with E-state index >= 15 is 0 Å². The predicted molar refractivity (Wildman–Crippen MR) is 94.4 cm³/mol. The second-order valence-electron chi connectivity index (χ2n) is 5.46. The molecule has 0 saturated heterocycles. The Balaban J connectivity index is 1.88. The standard InChI is InChI=1S/C17H16Br2N2O/c18-11-4-1-3-10(9-11)16(17(20)22)21-15-8-7-12-13(15)5-2-6-14(12)19/h1-6,9,15-16,21H,7-8H2,(H2,20,22)/t15-,16+/m1/s1. The molecule has 0 aromatic heterocycles. The van der Waals surface area contributed by atoms with Crippen molar-refractivity contribution in [2.24, 2.45) is 5.73 Å². The molecule has 3 nitrogen and oxygen atoms in total. The van der Waals surface area contributed by atoms with E-state index < -0.39 is 6.04 Å². The summed E-state index contributed by atoms with van der Waals surface area (Å²) in [4.78, 5) is 11.9. The molecule has 0 unspecified atom stereocenters. The van der Waals surface area contributed by atoms with Crippen LogP contribution in [0.5, 0.6) is 0 Å². The molecule has 0 aliphatic heterocycles. The van der Waals surface area contributed by atoms with Gasteiger partial charge in [-0.25, -0.2) is 0 Å². The predicted octanol–water partition coefficient (Wildman–Crippen LogP) is 4.02. The van der Waals surface area contributed by atoms with E-state index in [-0.39, 0.29) is 11.9 Å². The molecule has 0 fully saturated rings. The Morgan fingerprint density at radius 2 is 2.00 bits per heavy atom. The summed E-state index contributed by atoms with van der Waals surface area (Å²) in [6, 6.07) is 13.5. The largest absolute Gasteiger partial charge is 0.368 e. The first-order chi connectivity index (χ1) is 10.6. The second-order valence-corrected chi connectivity index (χ2v) is 7.23. The molecule has 2 aromatic carbocycles. The SMILES string of the molecule is NC(=O)[C@@H](N[C@@H]1CCc2c(Br)cccc21)c1cccc(Br)c1. The molecule has 2 aromatic rings. The van der Waals surface area contributed by atoms with Gasteiger partial charge in [-0.05, 0) is 47.7 Å². The Hall–Kier alpha value is -1.17. The van der Waals surface area contributed by atoms with Gasteiger partial charge in [0, 0.05) is 15.0 Å². The number of rotatable bonds is 4. The van der Waals surface area contributed by atoms with Crippen molar-refractivity contribution in [3.05, 3.63) is 68.1 Å². The Morgan fingerprint density at radius 1 is 1.23 bits per heavy atom. The van der Waals surface area contributed by atoms with Crippen molar-refractivity contribution in [1.82, 2.24) is 5.32 Å². The average Bonchev–Trinajstić information content (AvgIpc) is 2.89. The highest BCUT2D eigenvalue weighted by atomic mass is 79.9. The zero-order chi connectivity index (χ0) is 15.7. The third-order valence-corrected chi connectivity index (χ3v) is 5.28. The normalized spacial score (nSPS) is 18.0. The molecule has 1 aliphatic rings. The number of hydrogen-bond acceptors (Lipinski definition) is 2. The minimum Gasteiger partial charge on any atom is -0.368 e. The number of amides is 1. The minimum atomic E-state index is -0.493. The highest BCUT2D eigenvalue weighted by Crippen LogP contribution is 2.37. The van der Waals surface area contributed by atoms with Crippen LogP contribution in [0.25, 0.3) is 0 Å². The van der Waals surface area contributed by atoms with Crippen LogP contribution in [0.15, 0.2) is 51.4 Å². The lowest BCUT2D eigenvalue weighted by Gasteiger charge is -2.22. The van der Waals surface area contributed by atoms with Gasteiger partial charge in [-0.15, -0.1) is 0 Å². The number of carbonyl (C=O) groups excluding carboxylic acids is 1. The smallest absolute Gasteiger partial charge is 0.239 e. The van der Waals surface area contributed by atoms with Crippen molar-refractivity contribution in [2.45, 2.75) is 24.9 Å². The van der Waals surface area contributed by atoms with E-state index in [2.05, 4.69) is 49.3 Å². The van der Waals surface area contributed by atoms with Crippen LogP contribution in [0.1, 0.15) is 35.2 Å². The number of nitrogens with two attached hydrogens (primary N) is 1. The number of primary amides is 1. The van der Waals surface area contributed by atoms with Crippen LogP contribution < -0.4 is 11.1 Å². The molecule has 1 aliphatic carbocycles. The van der Waals surface area contributed by atoms with Crippen molar-refractivity contribution in [3.63, 3.8) is 0 Å². The first-order valence-electron chi connectivity index (χ1n) is 7.14. The van der Waals surface area contributed by atoms with E-state index in [1.807, 2.05) is 30.3 Å². The molecule has 1 amide bonds. The third kappa shape index (κ3) is 3.12. The zero-order valence-corrected chi connectivity index (χ0v) is 15.0. The molecule has 3 rings (SSSR count). The summed E-state index contributed by atoms with van der Waals surface area (Å²) in [5.74, 6) is -0.360. The first kappa shape index (κ1) is 15.7. The maximum Gasteiger partial charge on any atom is 0.239 e. The van der Waals surface area contributed by atoms with Crippen molar-refractivity contribution in [2.75, 3.05) is 0 Å². The fourth-order valence-corrected chi connectivity index (χ4v) is 4.01. The fourth-order valence-electron chi connectivity index (χ4n) is 3.01. The monoisotopic (exact) mass is 422 g/mol. The lowest BCUT2D eigenvalue weighted by atomic mass is 10.0. The van der Waals surface area contributed by atoms with Gasteiger partial charge >= 0.3 is 0 Å². The quantitative estimate of drug-likeness (QED) is 0.780. The summed E-state index contributed by atoms with van der Waals surface area (Å²) >= 11 is 7.04. The van der Waals surface area contributed by atoms with Crippen LogP contribution >= 0.6 is 31.9 Å². The Labute approximate surface area is 146 Å². The van der Waals surface area contributed by atoms with E-state index in [0.29, 0.717) is 0 Å². The Kier molecular flexibility index (Phi) is 4.66. The number of carbonyl (C=O) groups is 1. The van der Waals surface area contributed by atoms with Gasteiger partial charge in [-0.3, -0.25) is 10.1 Å². The van der Waals surface area contributed by atoms with Crippen LogP contribution in [-0.4, -0.2) is 5.91 Å². The van der Waals surface area contributed by atoms with Gasteiger partial charge in [0.25, 0.3) is 0 Å². The van der Waals surface area contributed by atoms with Gasteiger partial charge in [0.1, 0.15) is 6.04 Å².